The molecular weight excluding hydrogens is 152 g/mol. The lowest BCUT2D eigenvalue weighted by Crippen LogP contribution is -2.27. The van der Waals surface area contributed by atoms with Crippen molar-refractivity contribution in [3.8, 4) is 0 Å². The fourth-order valence-corrected chi connectivity index (χ4v) is 1.04. The van der Waals surface area contributed by atoms with Crippen molar-refractivity contribution in [2.24, 2.45) is 0 Å². The minimum Gasteiger partial charge on any atom is -0.466 e. The third-order valence-corrected chi connectivity index (χ3v) is 1.65. The fourth-order valence-electron chi connectivity index (χ4n) is 1.04. The van der Waals surface area contributed by atoms with Gasteiger partial charge in [-0.15, -0.1) is 0 Å². The third-order valence-electron chi connectivity index (χ3n) is 1.65. The van der Waals surface area contributed by atoms with Crippen LogP contribution in [0.25, 0.3) is 0 Å². The second kappa shape index (κ2) is 4.95. The van der Waals surface area contributed by atoms with E-state index in [1.54, 1.807) is 0 Å². The van der Waals surface area contributed by atoms with Crippen molar-refractivity contribution in [1.82, 2.24) is 10.6 Å². The first-order valence-corrected chi connectivity index (χ1v) is 4.23. The Kier molecular flexibility index (Phi) is 3.84. The van der Waals surface area contributed by atoms with E-state index >= 15 is 0 Å². The van der Waals surface area contributed by atoms with Crippen LogP contribution in [-0.2, 0) is 6.42 Å². The first kappa shape index (κ1) is 9.29. The maximum Gasteiger partial charge on any atom is 0.105 e. The molecule has 12 heavy (non-hydrogen) atoms. The lowest BCUT2D eigenvalue weighted by Gasteiger charge is -2.00. The summed E-state index contributed by atoms with van der Waals surface area (Å²) in [6.07, 6.45) is 0.954. The van der Waals surface area contributed by atoms with E-state index in [0.29, 0.717) is 0 Å². The average molecular weight is 168 g/mol. The SMILES string of the molecule is CNCNCCc1ccc(C)o1. The van der Waals surface area contributed by atoms with Crippen molar-refractivity contribution in [1.29, 1.82) is 0 Å². The van der Waals surface area contributed by atoms with Crippen LogP contribution >= 0.6 is 0 Å². The maximum atomic E-state index is 5.40. The quantitative estimate of drug-likeness (QED) is 0.506. The zero-order valence-corrected chi connectivity index (χ0v) is 7.68. The van der Waals surface area contributed by atoms with Crippen molar-refractivity contribution < 1.29 is 4.42 Å². The Morgan fingerprint density at radius 1 is 1.42 bits per heavy atom. The fraction of sp³-hybridized carbons (Fsp3) is 0.556. The van der Waals surface area contributed by atoms with E-state index in [0.717, 1.165) is 31.2 Å². The molecule has 0 amide bonds. The number of hydrogen-bond donors (Lipinski definition) is 2. The summed E-state index contributed by atoms with van der Waals surface area (Å²) in [6, 6.07) is 4.02. The molecule has 0 bridgehead atoms. The molecular formula is C9H16N2O. The van der Waals surface area contributed by atoms with Gasteiger partial charge in [-0.25, -0.2) is 0 Å². The van der Waals surface area contributed by atoms with Crippen LogP contribution in [0.15, 0.2) is 16.5 Å². The summed E-state index contributed by atoms with van der Waals surface area (Å²) >= 11 is 0. The number of hydrogen-bond acceptors (Lipinski definition) is 3. The normalized spacial score (nSPS) is 10.5. The van der Waals surface area contributed by atoms with Gasteiger partial charge in [-0.05, 0) is 26.1 Å². The molecule has 0 aliphatic carbocycles. The molecule has 1 aromatic heterocycles. The molecule has 0 aliphatic rings. The van der Waals surface area contributed by atoms with Gasteiger partial charge in [-0.3, -0.25) is 0 Å². The molecule has 3 heteroatoms. The largest absolute Gasteiger partial charge is 0.466 e. The molecule has 0 radical (unpaired) electrons. The summed E-state index contributed by atoms with van der Waals surface area (Å²) in [4.78, 5) is 0. The molecule has 0 unspecified atom stereocenters. The minimum absolute atomic E-state index is 0.847. The predicted octanol–water partition coefficient (Wildman–Crippen LogP) is 0.897. The maximum absolute atomic E-state index is 5.40. The molecule has 0 saturated carbocycles. The van der Waals surface area contributed by atoms with Crippen LogP contribution < -0.4 is 10.6 Å². The number of furan rings is 1. The van der Waals surface area contributed by atoms with Crippen molar-refractivity contribution in [2.45, 2.75) is 13.3 Å². The topological polar surface area (TPSA) is 37.2 Å². The first-order chi connectivity index (χ1) is 5.83. The van der Waals surface area contributed by atoms with Gasteiger partial charge in [0.15, 0.2) is 0 Å². The van der Waals surface area contributed by atoms with Crippen LogP contribution in [0.4, 0.5) is 0 Å². The molecule has 1 rings (SSSR count). The standard InChI is InChI=1S/C9H16N2O/c1-8-3-4-9(12-8)5-6-11-7-10-2/h3-4,10-11H,5-7H2,1-2H3. The highest BCUT2D eigenvalue weighted by molar-refractivity contribution is 5.05. The van der Waals surface area contributed by atoms with Gasteiger partial charge >= 0.3 is 0 Å². The highest BCUT2D eigenvalue weighted by Crippen LogP contribution is 2.05. The lowest BCUT2D eigenvalue weighted by atomic mass is 10.3. The molecule has 2 N–H and O–H groups in total. The van der Waals surface area contributed by atoms with Gasteiger partial charge in [0.2, 0.25) is 0 Å². The Labute approximate surface area is 73.2 Å². The van der Waals surface area contributed by atoms with Crippen LogP contribution in [-0.4, -0.2) is 20.3 Å². The molecule has 0 atom stereocenters. The van der Waals surface area contributed by atoms with Crippen LogP contribution in [0.2, 0.25) is 0 Å². The monoisotopic (exact) mass is 168 g/mol. The van der Waals surface area contributed by atoms with Crippen molar-refractivity contribution >= 4 is 0 Å². The summed E-state index contributed by atoms with van der Waals surface area (Å²) in [5.41, 5.74) is 0. The Morgan fingerprint density at radius 2 is 2.25 bits per heavy atom. The van der Waals surface area contributed by atoms with E-state index in [1.807, 2.05) is 26.1 Å². The van der Waals surface area contributed by atoms with E-state index in [-0.39, 0.29) is 0 Å². The van der Waals surface area contributed by atoms with Gasteiger partial charge in [0.25, 0.3) is 0 Å². The Morgan fingerprint density at radius 3 is 2.83 bits per heavy atom. The van der Waals surface area contributed by atoms with Gasteiger partial charge < -0.3 is 15.1 Å². The first-order valence-electron chi connectivity index (χ1n) is 4.23. The molecule has 3 nitrogen and oxygen atoms in total. The zero-order chi connectivity index (χ0) is 8.81. The second-order valence-corrected chi connectivity index (χ2v) is 2.79. The molecule has 0 spiro atoms. The predicted molar refractivity (Wildman–Crippen MR) is 49.1 cm³/mol. The zero-order valence-electron chi connectivity index (χ0n) is 7.68. The summed E-state index contributed by atoms with van der Waals surface area (Å²) in [7, 11) is 1.92. The van der Waals surface area contributed by atoms with Crippen LogP contribution in [0.3, 0.4) is 0 Å². The summed E-state index contributed by atoms with van der Waals surface area (Å²) < 4.78 is 5.40. The second-order valence-electron chi connectivity index (χ2n) is 2.79. The van der Waals surface area contributed by atoms with Crippen LogP contribution in [0, 0.1) is 6.92 Å². The summed E-state index contributed by atoms with van der Waals surface area (Å²) in [5, 5.41) is 6.24. The lowest BCUT2D eigenvalue weighted by molar-refractivity contribution is 0.473. The smallest absolute Gasteiger partial charge is 0.105 e. The van der Waals surface area contributed by atoms with E-state index in [9.17, 15) is 0 Å². The van der Waals surface area contributed by atoms with Crippen LogP contribution in [0.5, 0.6) is 0 Å². The summed E-state index contributed by atoms with van der Waals surface area (Å²) in [5.74, 6) is 2.04. The number of rotatable bonds is 5. The molecule has 1 heterocycles. The summed E-state index contributed by atoms with van der Waals surface area (Å²) in [6.45, 7) is 3.76. The number of nitrogens with one attached hydrogen (secondary N) is 2. The minimum atomic E-state index is 0.847. The highest BCUT2D eigenvalue weighted by Gasteiger charge is 1.96. The van der Waals surface area contributed by atoms with Gasteiger partial charge in [0.05, 0.1) is 0 Å². The van der Waals surface area contributed by atoms with Gasteiger partial charge in [-0.2, -0.15) is 0 Å². The number of aryl methyl sites for hydroxylation is 1. The Bertz CT molecular complexity index is 220. The van der Waals surface area contributed by atoms with Gasteiger partial charge in [0, 0.05) is 19.6 Å². The molecule has 68 valence electrons. The molecule has 0 aliphatic heterocycles. The molecule has 1 aromatic rings. The van der Waals surface area contributed by atoms with Gasteiger partial charge in [-0.1, -0.05) is 0 Å². The van der Waals surface area contributed by atoms with Gasteiger partial charge in [0.1, 0.15) is 11.5 Å². The third kappa shape index (κ3) is 3.07. The van der Waals surface area contributed by atoms with Crippen LogP contribution in [0.1, 0.15) is 11.5 Å². The van der Waals surface area contributed by atoms with Crippen molar-refractivity contribution in [3.05, 3.63) is 23.7 Å². The van der Waals surface area contributed by atoms with E-state index in [1.165, 1.54) is 0 Å². The van der Waals surface area contributed by atoms with Crippen molar-refractivity contribution in [3.63, 3.8) is 0 Å². The van der Waals surface area contributed by atoms with E-state index in [4.69, 9.17) is 4.42 Å². The molecule has 0 fully saturated rings. The average Bonchev–Trinajstić information content (AvgIpc) is 2.45. The van der Waals surface area contributed by atoms with E-state index < -0.39 is 0 Å². The van der Waals surface area contributed by atoms with E-state index in [2.05, 4.69) is 10.6 Å². The Hall–Kier alpha value is -0.800. The highest BCUT2D eigenvalue weighted by atomic mass is 16.3. The Balaban J connectivity index is 2.15. The molecule has 0 aromatic carbocycles. The van der Waals surface area contributed by atoms with Crippen molar-refractivity contribution in [2.75, 3.05) is 20.3 Å². The molecule has 0 saturated heterocycles.